The van der Waals surface area contributed by atoms with Gasteiger partial charge in [0.25, 0.3) is 0 Å². The molecule has 4 nitrogen and oxygen atoms in total. The van der Waals surface area contributed by atoms with Gasteiger partial charge in [-0.1, -0.05) is 0 Å². The molecule has 5 atom stereocenters. The van der Waals surface area contributed by atoms with Gasteiger partial charge < -0.3 is 19.3 Å². The van der Waals surface area contributed by atoms with Crippen LogP contribution in [-0.4, -0.2) is 42.9 Å². The standard InChI is InChI=1S/C7H12O4/c1-3-4(8)5-6(11-5)7(9-2)10-3/h3-8H,1-2H3/t3-,4+,5-,6-,7+/m0/s1. The first-order valence-corrected chi connectivity index (χ1v) is 3.76. The molecule has 0 amide bonds. The van der Waals surface area contributed by atoms with Gasteiger partial charge in [-0.25, -0.2) is 0 Å². The summed E-state index contributed by atoms with van der Waals surface area (Å²) in [5.74, 6) is 0. The van der Waals surface area contributed by atoms with Crippen molar-refractivity contribution in [1.82, 2.24) is 0 Å². The SMILES string of the molecule is CO[C@@H]1O[C@@H](C)[C@@H](O)[C@@H]2O[C@H]12. The molecule has 0 aromatic carbocycles. The molecule has 0 spiro atoms. The van der Waals surface area contributed by atoms with E-state index in [1.165, 1.54) is 0 Å². The maximum absolute atomic E-state index is 9.40. The minimum absolute atomic E-state index is 0.0498. The van der Waals surface area contributed by atoms with Crippen molar-refractivity contribution in [3.05, 3.63) is 0 Å². The number of epoxide rings is 1. The lowest BCUT2D eigenvalue weighted by molar-refractivity contribution is -0.193. The van der Waals surface area contributed by atoms with Gasteiger partial charge in [0.1, 0.15) is 18.3 Å². The zero-order valence-corrected chi connectivity index (χ0v) is 6.56. The van der Waals surface area contributed by atoms with Gasteiger partial charge in [-0.15, -0.1) is 0 Å². The molecular weight excluding hydrogens is 148 g/mol. The summed E-state index contributed by atoms with van der Waals surface area (Å²) in [5, 5.41) is 9.40. The van der Waals surface area contributed by atoms with Crippen LogP contribution in [-0.2, 0) is 14.2 Å². The van der Waals surface area contributed by atoms with E-state index in [0.717, 1.165) is 0 Å². The Morgan fingerprint density at radius 2 is 2.00 bits per heavy atom. The predicted molar refractivity (Wildman–Crippen MR) is 36.0 cm³/mol. The van der Waals surface area contributed by atoms with Crippen molar-refractivity contribution in [3.63, 3.8) is 0 Å². The average Bonchev–Trinajstić information content (AvgIpc) is 2.76. The number of hydrogen-bond acceptors (Lipinski definition) is 4. The Morgan fingerprint density at radius 3 is 2.64 bits per heavy atom. The maximum atomic E-state index is 9.40. The summed E-state index contributed by atoms with van der Waals surface area (Å²) < 4.78 is 15.5. The molecule has 0 aromatic heterocycles. The van der Waals surface area contributed by atoms with Gasteiger partial charge in [0.2, 0.25) is 0 Å². The van der Waals surface area contributed by atoms with Gasteiger partial charge in [-0.3, -0.25) is 0 Å². The number of methoxy groups -OCH3 is 1. The quantitative estimate of drug-likeness (QED) is 0.526. The largest absolute Gasteiger partial charge is 0.388 e. The van der Waals surface area contributed by atoms with Crippen molar-refractivity contribution in [2.45, 2.75) is 37.6 Å². The summed E-state index contributed by atoms with van der Waals surface area (Å²) in [4.78, 5) is 0. The van der Waals surface area contributed by atoms with E-state index >= 15 is 0 Å². The number of fused-ring (bicyclic) bond motifs is 1. The molecule has 2 fully saturated rings. The van der Waals surface area contributed by atoms with Gasteiger partial charge in [-0.2, -0.15) is 0 Å². The lowest BCUT2D eigenvalue weighted by Crippen LogP contribution is -2.43. The molecule has 1 N–H and O–H groups in total. The van der Waals surface area contributed by atoms with Gasteiger partial charge in [-0.05, 0) is 6.92 Å². The van der Waals surface area contributed by atoms with E-state index in [4.69, 9.17) is 14.2 Å². The van der Waals surface area contributed by atoms with Crippen LogP contribution in [0.5, 0.6) is 0 Å². The van der Waals surface area contributed by atoms with Crippen molar-refractivity contribution in [2.75, 3.05) is 7.11 Å². The van der Waals surface area contributed by atoms with Crippen molar-refractivity contribution in [2.24, 2.45) is 0 Å². The molecule has 11 heavy (non-hydrogen) atoms. The summed E-state index contributed by atoms with van der Waals surface area (Å²) in [7, 11) is 1.58. The molecule has 2 saturated heterocycles. The molecular formula is C7H12O4. The van der Waals surface area contributed by atoms with Gasteiger partial charge >= 0.3 is 0 Å². The van der Waals surface area contributed by atoms with Gasteiger partial charge in [0.15, 0.2) is 6.29 Å². The summed E-state index contributed by atoms with van der Waals surface area (Å²) in [6.07, 6.45) is -1.09. The van der Waals surface area contributed by atoms with Crippen LogP contribution in [0, 0.1) is 0 Å². The molecule has 0 bridgehead atoms. The fourth-order valence-electron chi connectivity index (χ4n) is 1.46. The van der Waals surface area contributed by atoms with Crippen molar-refractivity contribution >= 4 is 0 Å². The highest BCUT2D eigenvalue weighted by Crippen LogP contribution is 2.37. The lowest BCUT2D eigenvalue weighted by Gasteiger charge is -2.27. The third-order valence-electron chi connectivity index (χ3n) is 2.23. The summed E-state index contributed by atoms with van der Waals surface area (Å²) in [6.45, 7) is 1.81. The van der Waals surface area contributed by atoms with Crippen LogP contribution in [0.1, 0.15) is 6.92 Å². The zero-order valence-electron chi connectivity index (χ0n) is 6.56. The van der Waals surface area contributed by atoms with Crippen molar-refractivity contribution < 1.29 is 19.3 Å². The highest BCUT2D eigenvalue weighted by atomic mass is 16.7. The second kappa shape index (κ2) is 2.42. The summed E-state index contributed by atoms with van der Waals surface area (Å²) in [5.41, 5.74) is 0. The number of ether oxygens (including phenoxy) is 3. The number of aliphatic hydroxyl groups excluding tert-OH is 1. The van der Waals surface area contributed by atoms with Crippen LogP contribution in [0.4, 0.5) is 0 Å². The first-order chi connectivity index (χ1) is 5.24. The Hall–Kier alpha value is -0.160. The van der Waals surface area contributed by atoms with E-state index in [2.05, 4.69) is 0 Å². The van der Waals surface area contributed by atoms with E-state index in [-0.39, 0.29) is 24.6 Å². The van der Waals surface area contributed by atoms with E-state index in [1.54, 1.807) is 7.11 Å². The molecule has 2 aliphatic rings. The number of aliphatic hydroxyl groups is 1. The van der Waals surface area contributed by atoms with Crippen LogP contribution in [0.15, 0.2) is 0 Å². The first kappa shape index (κ1) is 7.49. The molecule has 0 radical (unpaired) electrons. The van der Waals surface area contributed by atoms with Crippen molar-refractivity contribution in [1.29, 1.82) is 0 Å². The van der Waals surface area contributed by atoms with Crippen LogP contribution in [0.3, 0.4) is 0 Å². The molecule has 0 saturated carbocycles. The second-order valence-corrected chi connectivity index (χ2v) is 3.00. The number of rotatable bonds is 1. The van der Waals surface area contributed by atoms with Gasteiger partial charge in [0.05, 0.1) is 6.10 Å². The molecule has 4 heteroatoms. The van der Waals surface area contributed by atoms with E-state index in [1.807, 2.05) is 6.92 Å². The Kier molecular flexibility index (Phi) is 1.64. The van der Waals surface area contributed by atoms with Crippen LogP contribution in [0.25, 0.3) is 0 Å². The molecule has 64 valence electrons. The first-order valence-electron chi connectivity index (χ1n) is 3.76. The monoisotopic (exact) mass is 160 g/mol. The maximum Gasteiger partial charge on any atom is 0.186 e. The number of hydrogen-bond donors (Lipinski definition) is 1. The highest BCUT2D eigenvalue weighted by molar-refractivity contribution is 4.99. The third-order valence-corrected chi connectivity index (χ3v) is 2.23. The normalized spacial score (nSPS) is 55.4. The Morgan fingerprint density at radius 1 is 1.27 bits per heavy atom. The van der Waals surface area contributed by atoms with Crippen LogP contribution >= 0.6 is 0 Å². The predicted octanol–water partition coefficient (Wildman–Crippen LogP) is -0.494. The van der Waals surface area contributed by atoms with Crippen molar-refractivity contribution in [3.8, 4) is 0 Å². The van der Waals surface area contributed by atoms with Gasteiger partial charge in [0, 0.05) is 7.11 Å². The van der Waals surface area contributed by atoms with Crippen LogP contribution < -0.4 is 0 Å². The molecule has 2 heterocycles. The fraction of sp³-hybridized carbons (Fsp3) is 1.00. The molecule has 0 unspecified atom stereocenters. The molecule has 0 aliphatic carbocycles. The lowest BCUT2D eigenvalue weighted by atomic mass is 10.1. The zero-order chi connectivity index (χ0) is 8.01. The minimum Gasteiger partial charge on any atom is -0.388 e. The topological polar surface area (TPSA) is 51.2 Å². The Bertz CT molecular complexity index is 157. The smallest absolute Gasteiger partial charge is 0.186 e. The average molecular weight is 160 g/mol. The third kappa shape index (κ3) is 1.06. The fourth-order valence-corrected chi connectivity index (χ4v) is 1.46. The Labute approximate surface area is 65.1 Å². The van der Waals surface area contributed by atoms with E-state index in [0.29, 0.717) is 0 Å². The minimum atomic E-state index is -0.494. The van der Waals surface area contributed by atoms with E-state index < -0.39 is 6.10 Å². The molecule has 2 rings (SSSR count). The summed E-state index contributed by atoms with van der Waals surface area (Å²) >= 11 is 0. The second-order valence-electron chi connectivity index (χ2n) is 3.00. The Balaban J connectivity index is 2.02. The van der Waals surface area contributed by atoms with E-state index in [9.17, 15) is 5.11 Å². The summed E-state index contributed by atoms with van der Waals surface area (Å²) in [6, 6.07) is 0. The highest BCUT2D eigenvalue weighted by Gasteiger charge is 2.56. The molecule has 0 aromatic rings. The van der Waals surface area contributed by atoms with Crippen LogP contribution in [0.2, 0.25) is 0 Å². The molecule has 2 aliphatic heterocycles.